The van der Waals surface area contributed by atoms with E-state index in [-0.39, 0.29) is 0 Å². The van der Waals surface area contributed by atoms with Gasteiger partial charge in [-0.25, -0.2) is 0 Å². The van der Waals surface area contributed by atoms with Crippen LogP contribution >= 0.6 is 0 Å². The topological polar surface area (TPSA) is 21.3 Å². The van der Waals surface area contributed by atoms with Gasteiger partial charge in [-0.05, 0) is 18.9 Å². The molecule has 1 heterocycles. The maximum Gasteiger partial charge on any atom is 0.0721 e. The van der Waals surface area contributed by atoms with Crippen molar-refractivity contribution in [3.63, 3.8) is 0 Å². The van der Waals surface area contributed by atoms with Crippen LogP contribution in [-0.2, 0) is 4.74 Å². The van der Waals surface area contributed by atoms with Gasteiger partial charge in [0.25, 0.3) is 0 Å². The maximum absolute atomic E-state index is 5.24. The summed E-state index contributed by atoms with van der Waals surface area (Å²) >= 11 is 0. The predicted molar refractivity (Wildman–Crippen MR) is 37.4 cm³/mol. The van der Waals surface area contributed by atoms with Gasteiger partial charge in [0.1, 0.15) is 0 Å². The van der Waals surface area contributed by atoms with E-state index in [1.807, 2.05) is 0 Å². The number of hydrogen-bond acceptors (Lipinski definition) is 2. The van der Waals surface area contributed by atoms with E-state index in [1.165, 1.54) is 6.42 Å². The smallest absolute Gasteiger partial charge is 0.0721 e. The molecule has 1 fully saturated rings. The van der Waals surface area contributed by atoms with E-state index in [4.69, 9.17) is 4.74 Å². The van der Waals surface area contributed by atoms with Gasteiger partial charge < -0.3 is 10.1 Å². The highest BCUT2D eigenvalue weighted by molar-refractivity contribution is 4.74. The summed E-state index contributed by atoms with van der Waals surface area (Å²) < 4.78 is 5.24. The van der Waals surface area contributed by atoms with Crippen molar-refractivity contribution in [2.75, 3.05) is 20.2 Å². The minimum Gasteiger partial charge on any atom is -0.380 e. The molecule has 0 bridgehead atoms. The molecule has 54 valence electrons. The third-order valence-corrected chi connectivity index (χ3v) is 2.06. The van der Waals surface area contributed by atoms with Gasteiger partial charge in [-0.1, -0.05) is 6.92 Å². The summed E-state index contributed by atoms with van der Waals surface area (Å²) in [5.41, 5.74) is 0. The summed E-state index contributed by atoms with van der Waals surface area (Å²) in [6.07, 6.45) is 1.69. The molecule has 0 saturated carbocycles. The quantitative estimate of drug-likeness (QED) is 0.560. The molecule has 1 aliphatic rings. The number of nitrogens with one attached hydrogen (secondary N) is 1. The first kappa shape index (κ1) is 7.03. The van der Waals surface area contributed by atoms with E-state index >= 15 is 0 Å². The zero-order chi connectivity index (χ0) is 6.69. The van der Waals surface area contributed by atoms with Gasteiger partial charge in [-0.15, -0.1) is 0 Å². The van der Waals surface area contributed by atoms with Gasteiger partial charge in [-0.2, -0.15) is 0 Å². The first-order valence-electron chi connectivity index (χ1n) is 3.58. The van der Waals surface area contributed by atoms with Crippen LogP contribution in [0.5, 0.6) is 0 Å². The molecule has 1 N–H and O–H groups in total. The monoisotopic (exact) mass is 129 g/mol. The SMILES string of the molecule is CO[C@@H]1CNCC[C@H]1C. The second-order valence-electron chi connectivity index (χ2n) is 2.74. The van der Waals surface area contributed by atoms with Crippen molar-refractivity contribution in [3.8, 4) is 0 Å². The third kappa shape index (κ3) is 1.66. The lowest BCUT2D eigenvalue weighted by molar-refractivity contribution is 0.0413. The number of hydrogen-bond donors (Lipinski definition) is 1. The van der Waals surface area contributed by atoms with Crippen LogP contribution in [-0.4, -0.2) is 26.3 Å². The fourth-order valence-corrected chi connectivity index (χ4v) is 1.28. The summed E-state index contributed by atoms with van der Waals surface area (Å²) in [5.74, 6) is 0.733. The highest BCUT2D eigenvalue weighted by Gasteiger charge is 2.19. The Balaban J connectivity index is 2.30. The van der Waals surface area contributed by atoms with E-state index in [1.54, 1.807) is 7.11 Å². The van der Waals surface area contributed by atoms with Gasteiger partial charge in [0.2, 0.25) is 0 Å². The van der Waals surface area contributed by atoms with Crippen molar-refractivity contribution in [1.29, 1.82) is 0 Å². The standard InChI is InChI=1S/C7H15NO/c1-6-3-4-8-5-7(6)9-2/h6-8H,3-5H2,1-2H3/t6-,7-/m1/s1. The molecular formula is C7H15NO. The molecular weight excluding hydrogens is 114 g/mol. The zero-order valence-electron chi connectivity index (χ0n) is 6.18. The van der Waals surface area contributed by atoms with Crippen LogP contribution in [0.4, 0.5) is 0 Å². The Bertz CT molecular complexity index is 85.0. The second kappa shape index (κ2) is 3.18. The van der Waals surface area contributed by atoms with E-state index in [0.29, 0.717) is 6.10 Å². The Morgan fingerprint density at radius 3 is 2.78 bits per heavy atom. The number of piperidine rings is 1. The maximum atomic E-state index is 5.24. The van der Waals surface area contributed by atoms with Crippen molar-refractivity contribution >= 4 is 0 Å². The largest absolute Gasteiger partial charge is 0.380 e. The summed E-state index contributed by atoms with van der Waals surface area (Å²) in [4.78, 5) is 0. The Hall–Kier alpha value is -0.0800. The van der Waals surface area contributed by atoms with Crippen molar-refractivity contribution in [1.82, 2.24) is 5.32 Å². The molecule has 2 heteroatoms. The lowest BCUT2D eigenvalue weighted by Crippen LogP contribution is -2.40. The lowest BCUT2D eigenvalue weighted by Gasteiger charge is -2.27. The summed E-state index contributed by atoms with van der Waals surface area (Å²) in [7, 11) is 1.79. The average Bonchev–Trinajstić information content (AvgIpc) is 1.89. The van der Waals surface area contributed by atoms with Crippen LogP contribution < -0.4 is 5.32 Å². The molecule has 0 aromatic rings. The van der Waals surface area contributed by atoms with Crippen LogP contribution in [0.15, 0.2) is 0 Å². The van der Waals surface area contributed by atoms with Gasteiger partial charge in [-0.3, -0.25) is 0 Å². The van der Waals surface area contributed by atoms with E-state index < -0.39 is 0 Å². The van der Waals surface area contributed by atoms with Crippen molar-refractivity contribution in [3.05, 3.63) is 0 Å². The summed E-state index contributed by atoms with van der Waals surface area (Å²) in [6, 6.07) is 0. The van der Waals surface area contributed by atoms with Gasteiger partial charge in [0, 0.05) is 13.7 Å². The van der Waals surface area contributed by atoms with Gasteiger partial charge in [0.05, 0.1) is 6.10 Å². The molecule has 0 aliphatic carbocycles. The van der Waals surface area contributed by atoms with E-state index in [2.05, 4.69) is 12.2 Å². The predicted octanol–water partition coefficient (Wildman–Crippen LogP) is 0.631. The van der Waals surface area contributed by atoms with Gasteiger partial charge >= 0.3 is 0 Å². The third-order valence-electron chi connectivity index (χ3n) is 2.06. The molecule has 9 heavy (non-hydrogen) atoms. The molecule has 1 rings (SSSR count). The summed E-state index contributed by atoms with van der Waals surface area (Å²) in [5, 5.41) is 3.29. The van der Waals surface area contributed by atoms with Crippen molar-refractivity contribution in [2.24, 2.45) is 5.92 Å². The molecule has 0 amide bonds. The molecule has 0 aromatic carbocycles. The molecule has 2 atom stereocenters. The highest BCUT2D eigenvalue weighted by atomic mass is 16.5. The fourth-order valence-electron chi connectivity index (χ4n) is 1.28. The van der Waals surface area contributed by atoms with Crippen LogP contribution in [0, 0.1) is 5.92 Å². The Morgan fingerprint density at radius 2 is 2.33 bits per heavy atom. The van der Waals surface area contributed by atoms with Gasteiger partial charge in [0.15, 0.2) is 0 Å². The van der Waals surface area contributed by atoms with Crippen LogP contribution in [0.3, 0.4) is 0 Å². The minimum absolute atomic E-state index is 0.443. The normalized spacial score (nSPS) is 36.7. The number of ether oxygens (including phenoxy) is 1. The molecule has 0 spiro atoms. The van der Waals surface area contributed by atoms with E-state index in [0.717, 1.165) is 19.0 Å². The number of methoxy groups -OCH3 is 1. The molecule has 0 unspecified atom stereocenters. The Kier molecular flexibility index (Phi) is 2.49. The zero-order valence-corrected chi connectivity index (χ0v) is 6.18. The first-order valence-corrected chi connectivity index (χ1v) is 3.58. The molecule has 0 radical (unpaired) electrons. The Labute approximate surface area is 56.6 Å². The fraction of sp³-hybridized carbons (Fsp3) is 1.00. The van der Waals surface area contributed by atoms with Crippen LogP contribution in [0.2, 0.25) is 0 Å². The molecule has 1 aliphatic heterocycles. The van der Waals surface area contributed by atoms with Crippen molar-refractivity contribution in [2.45, 2.75) is 19.4 Å². The van der Waals surface area contributed by atoms with Crippen LogP contribution in [0.25, 0.3) is 0 Å². The molecule has 1 saturated heterocycles. The highest BCUT2D eigenvalue weighted by Crippen LogP contribution is 2.12. The van der Waals surface area contributed by atoms with Crippen molar-refractivity contribution < 1.29 is 4.74 Å². The van der Waals surface area contributed by atoms with Crippen LogP contribution in [0.1, 0.15) is 13.3 Å². The molecule has 0 aromatic heterocycles. The van der Waals surface area contributed by atoms with E-state index in [9.17, 15) is 0 Å². The number of rotatable bonds is 1. The lowest BCUT2D eigenvalue weighted by atomic mass is 9.97. The average molecular weight is 129 g/mol. The second-order valence-corrected chi connectivity index (χ2v) is 2.74. The summed E-state index contributed by atoms with van der Waals surface area (Å²) in [6.45, 7) is 4.42. The minimum atomic E-state index is 0.443. The first-order chi connectivity index (χ1) is 4.34. The molecule has 2 nitrogen and oxygen atoms in total. The Morgan fingerprint density at radius 1 is 1.56 bits per heavy atom.